The summed E-state index contributed by atoms with van der Waals surface area (Å²) in [5, 5.41) is 1.52. The Kier molecular flexibility index (Phi) is 5.08. The highest BCUT2D eigenvalue weighted by Gasteiger charge is 2.20. The molecule has 88 valence electrons. The van der Waals surface area contributed by atoms with E-state index in [1.165, 1.54) is 11.8 Å². The van der Waals surface area contributed by atoms with Crippen molar-refractivity contribution in [1.82, 2.24) is 10.2 Å². The molecule has 0 bridgehead atoms. The number of hydrogen-bond donors (Lipinski definition) is 1. The number of carbonyl (C=O) groups is 2. The lowest BCUT2D eigenvalue weighted by atomic mass is 9.96. The maximum Gasteiger partial charge on any atom is 0.323 e. The van der Waals surface area contributed by atoms with Crippen molar-refractivity contribution in [2.75, 3.05) is 13.6 Å². The highest BCUT2D eigenvalue weighted by molar-refractivity contribution is 6.31. The number of carbonyl (C=O) groups excluding carboxylic acids is 2. The number of hydrogen-bond acceptors (Lipinski definition) is 2. The van der Waals surface area contributed by atoms with Crippen molar-refractivity contribution < 1.29 is 9.59 Å². The summed E-state index contributed by atoms with van der Waals surface area (Å²) in [6, 6.07) is -0.414. The van der Waals surface area contributed by atoms with Crippen LogP contribution in [0.1, 0.15) is 27.7 Å². The van der Waals surface area contributed by atoms with Crippen molar-refractivity contribution in [1.29, 1.82) is 0 Å². The number of rotatable bonds is 2. The van der Waals surface area contributed by atoms with Gasteiger partial charge in [0.15, 0.2) is 0 Å². The molecule has 0 aliphatic heterocycles. The summed E-state index contributed by atoms with van der Waals surface area (Å²) in [6.45, 7) is 8.14. The van der Waals surface area contributed by atoms with Crippen LogP contribution in [0.5, 0.6) is 0 Å². The maximum atomic E-state index is 11.5. The summed E-state index contributed by atoms with van der Waals surface area (Å²) >= 11 is 5.53. The van der Waals surface area contributed by atoms with Crippen molar-refractivity contribution in [2.45, 2.75) is 33.1 Å². The fourth-order valence-corrected chi connectivity index (χ4v) is 1.14. The van der Waals surface area contributed by atoms with Crippen LogP contribution in [-0.2, 0) is 4.79 Å². The highest BCUT2D eigenvalue weighted by atomic mass is 35.5. The van der Waals surface area contributed by atoms with Crippen LogP contribution in [0.4, 0.5) is 4.79 Å². The van der Waals surface area contributed by atoms with Gasteiger partial charge in [-0.3, -0.25) is 10.1 Å². The SMILES string of the molecule is CC(Cl)C(=O)NC(=O)N(C)CC(C)(C)C. The fourth-order valence-electron chi connectivity index (χ4n) is 1.08. The minimum absolute atomic E-state index is 0.00170. The summed E-state index contributed by atoms with van der Waals surface area (Å²) in [5.41, 5.74) is 0.00170. The van der Waals surface area contributed by atoms with Crippen LogP contribution in [0, 0.1) is 5.41 Å². The third kappa shape index (κ3) is 6.33. The van der Waals surface area contributed by atoms with Crippen molar-refractivity contribution in [3.8, 4) is 0 Å². The Labute approximate surface area is 96.0 Å². The Morgan fingerprint density at radius 3 is 2.20 bits per heavy atom. The Morgan fingerprint density at radius 1 is 1.40 bits per heavy atom. The molecule has 0 aromatic carbocycles. The number of nitrogens with one attached hydrogen (secondary N) is 1. The molecule has 0 aromatic rings. The van der Waals surface area contributed by atoms with Gasteiger partial charge in [0, 0.05) is 13.6 Å². The second-order valence-corrected chi connectivity index (χ2v) is 5.48. The van der Waals surface area contributed by atoms with Gasteiger partial charge in [0.2, 0.25) is 5.91 Å². The average molecular weight is 235 g/mol. The molecule has 15 heavy (non-hydrogen) atoms. The van der Waals surface area contributed by atoms with E-state index in [0.717, 1.165) is 0 Å². The first-order valence-corrected chi connectivity index (χ1v) is 5.27. The third-order valence-corrected chi connectivity index (χ3v) is 1.85. The molecule has 0 spiro atoms. The topological polar surface area (TPSA) is 49.4 Å². The Morgan fingerprint density at radius 2 is 1.87 bits per heavy atom. The molecule has 1 unspecified atom stereocenters. The van der Waals surface area contributed by atoms with Gasteiger partial charge in [0.1, 0.15) is 5.38 Å². The van der Waals surface area contributed by atoms with Crippen LogP contribution < -0.4 is 5.32 Å². The molecule has 4 nitrogen and oxygen atoms in total. The lowest BCUT2D eigenvalue weighted by Gasteiger charge is -2.26. The molecule has 0 heterocycles. The van der Waals surface area contributed by atoms with E-state index in [1.54, 1.807) is 7.05 Å². The molecular formula is C10H19ClN2O2. The molecule has 1 N–H and O–H groups in total. The second kappa shape index (κ2) is 5.35. The zero-order valence-electron chi connectivity index (χ0n) is 9.93. The monoisotopic (exact) mass is 234 g/mol. The van der Waals surface area contributed by atoms with Gasteiger partial charge in [0.25, 0.3) is 0 Å². The maximum absolute atomic E-state index is 11.5. The van der Waals surface area contributed by atoms with Crippen molar-refractivity contribution in [3.63, 3.8) is 0 Å². The molecule has 0 saturated carbocycles. The van der Waals surface area contributed by atoms with Gasteiger partial charge in [-0.1, -0.05) is 20.8 Å². The second-order valence-electron chi connectivity index (χ2n) is 4.83. The summed E-state index contributed by atoms with van der Waals surface area (Å²) in [6.07, 6.45) is 0. The van der Waals surface area contributed by atoms with Gasteiger partial charge in [-0.15, -0.1) is 11.6 Å². The van der Waals surface area contributed by atoms with E-state index in [9.17, 15) is 9.59 Å². The first-order valence-electron chi connectivity index (χ1n) is 4.83. The van der Waals surface area contributed by atoms with E-state index >= 15 is 0 Å². The molecule has 0 rings (SSSR count). The minimum Gasteiger partial charge on any atom is -0.327 e. The first-order chi connectivity index (χ1) is 6.63. The third-order valence-electron chi connectivity index (χ3n) is 1.65. The summed E-state index contributed by atoms with van der Waals surface area (Å²) in [4.78, 5) is 24.1. The minimum atomic E-state index is -0.697. The standard InChI is InChI=1S/C10H19ClN2O2/c1-7(11)8(14)12-9(15)13(5)6-10(2,3)4/h7H,6H2,1-5H3,(H,12,14,15). The van der Waals surface area contributed by atoms with Gasteiger partial charge < -0.3 is 4.90 Å². The molecule has 5 heteroatoms. The average Bonchev–Trinajstić information content (AvgIpc) is 2.00. The van der Waals surface area contributed by atoms with E-state index in [1.807, 2.05) is 20.8 Å². The Balaban J connectivity index is 4.17. The molecule has 0 saturated heterocycles. The van der Waals surface area contributed by atoms with E-state index in [2.05, 4.69) is 5.32 Å². The van der Waals surface area contributed by atoms with E-state index in [4.69, 9.17) is 11.6 Å². The summed E-state index contributed by atoms with van der Waals surface area (Å²) in [7, 11) is 1.65. The van der Waals surface area contributed by atoms with E-state index in [0.29, 0.717) is 6.54 Å². The normalized spacial score (nSPS) is 13.2. The van der Waals surface area contributed by atoms with Gasteiger partial charge in [-0.25, -0.2) is 4.79 Å². The highest BCUT2D eigenvalue weighted by Crippen LogP contribution is 2.13. The molecule has 3 amide bonds. The van der Waals surface area contributed by atoms with Gasteiger partial charge in [0.05, 0.1) is 0 Å². The van der Waals surface area contributed by atoms with Crippen LogP contribution in [0.2, 0.25) is 0 Å². The largest absolute Gasteiger partial charge is 0.327 e. The predicted octanol–water partition coefficient (Wildman–Crippen LogP) is 1.83. The Bertz CT molecular complexity index is 246. The molecule has 0 radical (unpaired) electrons. The quantitative estimate of drug-likeness (QED) is 0.741. The number of alkyl halides is 1. The number of urea groups is 1. The number of nitrogens with zero attached hydrogens (tertiary/aromatic N) is 1. The van der Waals surface area contributed by atoms with Gasteiger partial charge in [-0.05, 0) is 12.3 Å². The molecule has 1 atom stereocenters. The Hall–Kier alpha value is -0.770. The lowest BCUT2D eigenvalue weighted by molar-refractivity contribution is -0.119. The molecule has 0 aromatic heterocycles. The van der Waals surface area contributed by atoms with Gasteiger partial charge >= 0.3 is 6.03 Å². The fraction of sp³-hybridized carbons (Fsp3) is 0.800. The molecule has 0 aliphatic rings. The van der Waals surface area contributed by atoms with Crippen LogP contribution in [0.3, 0.4) is 0 Å². The zero-order chi connectivity index (χ0) is 12.2. The molecule has 0 aliphatic carbocycles. The number of amides is 3. The van der Waals surface area contributed by atoms with Crippen LogP contribution in [0.25, 0.3) is 0 Å². The van der Waals surface area contributed by atoms with Crippen molar-refractivity contribution in [3.05, 3.63) is 0 Å². The van der Waals surface area contributed by atoms with Crippen LogP contribution in [0.15, 0.2) is 0 Å². The van der Waals surface area contributed by atoms with Crippen molar-refractivity contribution >= 4 is 23.5 Å². The van der Waals surface area contributed by atoms with E-state index in [-0.39, 0.29) is 5.41 Å². The smallest absolute Gasteiger partial charge is 0.323 e. The van der Waals surface area contributed by atoms with Crippen LogP contribution in [-0.4, -0.2) is 35.8 Å². The summed E-state index contributed by atoms with van der Waals surface area (Å²) < 4.78 is 0. The first kappa shape index (κ1) is 14.2. The zero-order valence-corrected chi connectivity index (χ0v) is 10.7. The van der Waals surface area contributed by atoms with Gasteiger partial charge in [-0.2, -0.15) is 0 Å². The molecular weight excluding hydrogens is 216 g/mol. The lowest BCUT2D eigenvalue weighted by Crippen LogP contribution is -2.45. The predicted molar refractivity (Wildman–Crippen MR) is 60.9 cm³/mol. The van der Waals surface area contributed by atoms with E-state index < -0.39 is 17.3 Å². The number of imide groups is 1. The summed E-state index contributed by atoms with van der Waals surface area (Å²) in [5.74, 6) is -0.470. The molecule has 0 fully saturated rings. The van der Waals surface area contributed by atoms with Crippen LogP contribution >= 0.6 is 11.6 Å². The van der Waals surface area contributed by atoms with Crippen molar-refractivity contribution in [2.24, 2.45) is 5.41 Å². The number of halogens is 1.